The van der Waals surface area contributed by atoms with Crippen molar-refractivity contribution >= 4 is 5.97 Å². The zero-order chi connectivity index (χ0) is 16.3. The topological polar surface area (TPSA) is 52.3 Å². The summed E-state index contributed by atoms with van der Waals surface area (Å²) in [6.07, 6.45) is -0.490. The minimum Gasteiger partial charge on any atom is -0.468 e. The molecule has 0 aliphatic rings. The van der Waals surface area contributed by atoms with Crippen LogP contribution < -0.4 is 5.73 Å². The van der Waals surface area contributed by atoms with Crippen molar-refractivity contribution in [2.45, 2.75) is 12.5 Å². The fourth-order valence-electron chi connectivity index (χ4n) is 2.10. The number of nitrogens with two attached hydrogens (primary N) is 1. The smallest absolute Gasteiger partial charge is 0.322 e. The van der Waals surface area contributed by atoms with Crippen LogP contribution in [0.15, 0.2) is 36.4 Å². The highest BCUT2D eigenvalue weighted by molar-refractivity contribution is 5.75. The second-order valence-corrected chi connectivity index (χ2v) is 4.71. The molecule has 0 saturated heterocycles. The van der Waals surface area contributed by atoms with Gasteiger partial charge in [-0.2, -0.15) is 0 Å². The normalized spacial score (nSPS) is 12.0. The molecule has 2 aromatic rings. The van der Waals surface area contributed by atoms with Crippen LogP contribution in [0.5, 0.6) is 0 Å². The van der Waals surface area contributed by atoms with Crippen LogP contribution in [0.4, 0.5) is 13.2 Å². The molecule has 0 saturated carbocycles. The van der Waals surface area contributed by atoms with E-state index >= 15 is 0 Å². The zero-order valence-electron chi connectivity index (χ0n) is 11.8. The van der Waals surface area contributed by atoms with E-state index in [2.05, 4.69) is 4.74 Å². The molecular weight excluding hydrogens is 295 g/mol. The van der Waals surface area contributed by atoms with E-state index in [1.165, 1.54) is 12.1 Å². The Morgan fingerprint density at radius 3 is 2.41 bits per heavy atom. The van der Waals surface area contributed by atoms with E-state index < -0.39 is 41.4 Å². The molecule has 2 N–H and O–H groups in total. The first-order chi connectivity index (χ1) is 10.5. The maximum Gasteiger partial charge on any atom is 0.322 e. The minimum atomic E-state index is -1.35. The molecule has 0 radical (unpaired) electrons. The predicted octanol–water partition coefficient (Wildman–Crippen LogP) is 2.81. The van der Waals surface area contributed by atoms with Gasteiger partial charge in [0.2, 0.25) is 0 Å². The van der Waals surface area contributed by atoms with Crippen molar-refractivity contribution < 1.29 is 22.7 Å². The van der Waals surface area contributed by atoms with Crippen LogP contribution in [-0.2, 0) is 16.0 Å². The number of carbonyl (C=O) groups is 1. The van der Waals surface area contributed by atoms with E-state index in [0.717, 1.165) is 13.2 Å². The van der Waals surface area contributed by atoms with Gasteiger partial charge in [-0.25, -0.2) is 13.2 Å². The standard InChI is InChI=1S/C16H14F3NO2/c1-22-16(21)13(20)8-11-12(17)7-10(14(18)15(11)19)9-5-3-2-4-6-9/h2-7,13H,8,20H2,1H3/t13-/m0/s1. The first-order valence-corrected chi connectivity index (χ1v) is 6.51. The van der Waals surface area contributed by atoms with Gasteiger partial charge < -0.3 is 10.5 Å². The lowest BCUT2D eigenvalue weighted by molar-refractivity contribution is -0.142. The highest BCUT2D eigenvalue weighted by Gasteiger charge is 2.24. The molecule has 0 aliphatic carbocycles. The summed E-state index contributed by atoms with van der Waals surface area (Å²) in [5.74, 6) is -4.32. The zero-order valence-corrected chi connectivity index (χ0v) is 11.8. The number of hydrogen-bond acceptors (Lipinski definition) is 3. The fraction of sp³-hybridized carbons (Fsp3) is 0.188. The van der Waals surface area contributed by atoms with Crippen molar-refractivity contribution in [3.8, 4) is 11.1 Å². The summed E-state index contributed by atoms with van der Waals surface area (Å²) in [7, 11) is 1.11. The van der Waals surface area contributed by atoms with Crippen LogP contribution in [0.25, 0.3) is 11.1 Å². The van der Waals surface area contributed by atoms with E-state index in [9.17, 15) is 18.0 Å². The number of carbonyl (C=O) groups excluding carboxylic acids is 1. The molecule has 0 amide bonds. The van der Waals surface area contributed by atoms with E-state index in [1.54, 1.807) is 18.2 Å². The molecule has 0 unspecified atom stereocenters. The molecular formula is C16H14F3NO2. The van der Waals surface area contributed by atoms with Crippen LogP contribution in [-0.4, -0.2) is 19.1 Å². The number of halogens is 3. The summed E-state index contributed by atoms with van der Waals surface area (Å²) in [5, 5.41) is 0. The Morgan fingerprint density at radius 2 is 1.82 bits per heavy atom. The Balaban J connectivity index is 2.43. The predicted molar refractivity (Wildman–Crippen MR) is 75.4 cm³/mol. The Morgan fingerprint density at radius 1 is 1.18 bits per heavy atom. The summed E-state index contributed by atoms with van der Waals surface area (Å²) in [5.41, 5.74) is 5.05. The van der Waals surface area contributed by atoms with Gasteiger partial charge in [0.1, 0.15) is 11.9 Å². The van der Waals surface area contributed by atoms with Crippen molar-refractivity contribution in [1.82, 2.24) is 0 Å². The van der Waals surface area contributed by atoms with Gasteiger partial charge in [0.25, 0.3) is 0 Å². The third kappa shape index (κ3) is 3.12. The number of benzene rings is 2. The Hall–Kier alpha value is -2.34. The second-order valence-electron chi connectivity index (χ2n) is 4.71. The van der Waals surface area contributed by atoms with Crippen molar-refractivity contribution in [2.24, 2.45) is 5.73 Å². The molecule has 1 atom stereocenters. The molecule has 0 bridgehead atoms. The first-order valence-electron chi connectivity index (χ1n) is 6.51. The third-order valence-electron chi connectivity index (χ3n) is 3.27. The van der Waals surface area contributed by atoms with Crippen molar-refractivity contribution in [3.05, 3.63) is 59.4 Å². The van der Waals surface area contributed by atoms with Crippen LogP contribution in [0, 0.1) is 17.5 Å². The molecule has 116 valence electrons. The molecule has 22 heavy (non-hydrogen) atoms. The summed E-state index contributed by atoms with van der Waals surface area (Å²) >= 11 is 0. The molecule has 6 heteroatoms. The maximum atomic E-state index is 14.2. The van der Waals surface area contributed by atoms with Crippen LogP contribution in [0.1, 0.15) is 5.56 Å². The molecule has 0 aliphatic heterocycles. The third-order valence-corrected chi connectivity index (χ3v) is 3.27. The maximum absolute atomic E-state index is 14.2. The lowest BCUT2D eigenvalue weighted by Gasteiger charge is -2.13. The largest absolute Gasteiger partial charge is 0.468 e. The summed E-state index contributed by atoms with van der Waals surface area (Å²) < 4.78 is 46.8. The number of ether oxygens (including phenoxy) is 1. The van der Waals surface area contributed by atoms with E-state index in [1.807, 2.05) is 0 Å². The molecule has 0 heterocycles. The van der Waals surface area contributed by atoms with Crippen molar-refractivity contribution in [3.63, 3.8) is 0 Å². The second kappa shape index (κ2) is 6.62. The average molecular weight is 309 g/mol. The quantitative estimate of drug-likeness (QED) is 0.698. The van der Waals surface area contributed by atoms with Gasteiger partial charge >= 0.3 is 5.97 Å². The molecule has 2 rings (SSSR count). The summed E-state index contributed by atoms with van der Waals surface area (Å²) in [4.78, 5) is 11.2. The van der Waals surface area contributed by atoms with Gasteiger partial charge in [-0.3, -0.25) is 4.79 Å². The number of methoxy groups -OCH3 is 1. The van der Waals surface area contributed by atoms with Crippen LogP contribution >= 0.6 is 0 Å². The lowest BCUT2D eigenvalue weighted by atomic mass is 9.98. The minimum absolute atomic E-state index is 0.189. The van der Waals surface area contributed by atoms with Crippen molar-refractivity contribution in [2.75, 3.05) is 7.11 Å². The van der Waals surface area contributed by atoms with Gasteiger partial charge in [-0.15, -0.1) is 0 Å². The molecule has 3 nitrogen and oxygen atoms in total. The van der Waals surface area contributed by atoms with E-state index in [4.69, 9.17) is 5.73 Å². The highest BCUT2D eigenvalue weighted by Crippen LogP contribution is 2.29. The number of rotatable bonds is 4. The highest BCUT2D eigenvalue weighted by atomic mass is 19.2. The van der Waals surface area contributed by atoms with E-state index in [0.29, 0.717) is 5.56 Å². The van der Waals surface area contributed by atoms with Crippen molar-refractivity contribution in [1.29, 1.82) is 0 Å². The summed E-state index contributed by atoms with van der Waals surface area (Å²) in [6, 6.07) is 7.67. The summed E-state index contributed by atoms with van der Waals surface area (Å²) in [6.45, 7) is 0. The fourth-order valence-corrected chi connectivity index (χ4v) is 2.10. The molecule has 0 aromatic heterocycles. The van der Waals surface area contributed by atoms with E-state index in [-0.39, 0.29) is 5.56 Å². The van der Waals surface area contributed by atoms with Gasteiger partial charge in [0, 0.05) is 17.5 Å². The number of esters is 1. The first kappa shape index (κ1) is 16.0. The molecule has 0 fully saturated rings. The molecule has 2 aromatic carbocycles. The SMILES string of the molecule is COC(=O)[C@@H](N)Cc1c(F)cc(-c2ccccc2)c(F)c1F. The van der Waals surface area contributed by atoms with Gasteiger partial charge in [-0.05, 0) is 11.6 Å². The van der Waals surface area contributed by atoms with Gasteiger partial charge in [0.15, 0.2) is 11.6 Å². The van der Waals surface area contributed by atoms with Gasteiger partial charge in [0.05, 0.1) is 7.11 Å². The lowest BCUT2D eigenvalue weighted by Crippen LogP contribution is -2.34. The number of hydrogen-bond donors (Lipinski definition) is 1. The van der Waals surface area contributed by atoms with Gasteiger partial charge in [-0.1, -0.05) is 30.3 Å². The Labute approximate surface area is 125 Å². The van der Waals surface area contributed by atoms with Crippen LogP contribution in [0.3, 0.4) is 0 Å². The monoisotopic (exact) mass is 309 g/mol. The molecule has 0 spiro atoms. The average Bonchev–Trinajstić information content (AvgIpc) is 2.54. The Kier molecular flexibility index (Phi) is 4.82. The van der Waals surface area contributed by atoms with Crippen LogP contribution in [0.2, 0.25) is 0 Å². The Bertz CT molecular complexity index is 690.